The van der Waals surface area contributed by atoms with E-state index >= 15 is 0 Å². The van der Waals surface area contributed by atoms with Gasteiger partial charge in [0, 0.05) is 22.8 Å². The van der Waals surface area contributed by atoms with Crippen molar-refractivity contribution in [3.05, 3.63) is 53.9 Å². The monoisotopic (exact) mass is 360 g/mol. The lowest BCUT2D eigenvalue weighted by atomic mass is 10.1. The molecule has 0 radical (unpaired) electrons. The molecule has 0 unspecified atom stereocenters. The van der Waals surface area contributed by atoms with Crippen molar-refractivity contribution in [3.8, 4) is 11.5 Å². The van der Waals surface area contributed by atoms with Gasteiger partial charge in [-0.3, -0.25) is 0 Å². The Kier molecular flexibility index (Phi) is 3.34. The summed E-state index contributed by atoms with van der Waals surface area (Å²) in [4.78, 5) is 10.3. The molecule has 0 bridgehead atoms. The molecule has 26 heavy (non-hydrogen) atoms. The van der Waals surface area contributed by atoms with Gasteiger partial charge in [0.05, 0.1) is 0 Å². The summed E-state index contributed by atoms with van der Waals surface area (Å²) in [5, 5.41) is 2.19. The second kappa shape index (κ2) is 5.61. The number of nitrogens with zero attached hydrogens (tertiary/aromatic N) is 2. The maximum Gasteiger partial charge on any atom is 0.227 e. The van der Waals surface area contributed by atoms with Crippen LogP contribution in [0.25, 0.3) is 44.4 Å². The fraction of sp³-hybridized carbons (Fsp3) is 0.143. The van der Waals surface area contributed by atoms with Crippen LogP contribution >= 0.6 is 11.8 Å². The van der Waals surface area contributed by atoms with Gasteiger partial charge in [0.1, 0.15) is 11.0 Å². The quantitative estimate of drug-likeness (QED) is 0.355. The van der Waals surface area contributed by atoms with Crippen molar-refractivity contribution in [2.45, 2.75) is 18.7 Å². The maximum absolute atomic E-state index is 6.05. The van der Waals surface area contributed by atoms with Gasteiger partial charge in [0.25, 0.3) is 0 Å². The van der Waals surface area contributed by atoms with Gasteiger partial charge in [-0.1, -0.05) is 17.7 Å². The first-order chi connectivity index (χ1) is 12.6. The molecule has 0 atom stereocenters. The third kappa shape index (κ3) is 2.31. The summed E-state index contributed by atoms with van der Waals surface area (Å²) in [7, 11) is 0. The average Bonchev–Trinajstić information content (AvgIpc) is 3.20. The lowest BCUT2D eigenvalue weighted by molar-refractivity contribution is 0.561. The summed E-state index contributed by atoms with van der Waals surface area (Å²) in [6, 6.07) is 14.3. The van der Waals surface area contributed by atoms with E-state index in [4.69, 9.17) is 8.83 Å². The number of aryl methyl sites for hydroxylation is 2. The van der Waals surface area contributed by atoms with E-state index in [0.29, 0.717) is 11.8 Å². The van der Waals surface area contributed by atoms with Gasteiger partial charge in [-0.05, 0) is 48.9 Å². The van der Waals surface area contributed by atoms with Crippen LogP contribution in [0.1, 0.15) is 11.5 Å². The van der Waals surface area contributed by atoms with Gasteiger partial charge in [0.2, 0.25) is 5.89 Å². The molecule has 128 valence electrons. The molecule has 0 aliphatic carbocycles. The van der Waals surface area contributed by atoms with E-state index in [9.17, 15) is 0 Å². The van der Waals surface area contributed by atoms with Crippen LogP contribution < -0.4 is 0 Å². The largest absolute Gasteiger partial charge is 0.441 e. The first-order valence-electron chi connectivity index (χ1n) is 8.38. The van der Waals surface area contributed by atoms with Gasteiger partial charge in [0.15, 0.2) is 17.1 Å². The molecule has 0 aliphatic heterocycles. The number of oxazole rings is 2. The van der Waals surface area contributed by atoms with Crippen LogP contribution in [0, 0.1) is 13.8 Å². The van der Waals surface area contributed by atoms with Crippen molar-refractivity contribution in [2.75, 3.05) is 6.26 Å². The van der Waals surface area contributed by atoms with Crippen LogP contribution in [0.4, 0.5) is 0 Å². The predicted molar refractivity (Wildman–Crippen MR) is 106 cm³/mol. The summed E-state index contributed by atoms with van der Waals surface area (Å²) in [6.45, 7) is 3.94. The Morgan fingerprint density at radius 2 is 1.69 bits per heavy atom. The number of fused-ring (bicyclic) bond motifs is 3. The first kappa shape index (κ1) is 15.5. The van der Waals surface area contributed by atoms with E-state index in [1.165, 1.54) is 5.56 Å². The molecular weight excluding hydrogens is 344 g/mol. The second-order valence-electron chi connectivity index (χ2n) is 6.42. The fourth-order valence-corrected chi connectivity index (χ4v) is 4.04. The minimum atomic E-state index is 0.638. The molecule has 5 rings (SSSR count). The molecule has 0 spiro atoms. The average molecular weight is 360 g/mol. The first-order valence-corrected chi connectivity index (χ1v) is 9.60. The number of benzene rings is 3. The third-order valence-electron chi connectivity index (χ3n) is 4.57. The van der Waals surface area contributed by atoms with E-state index < -0.39 is 0 Å². The summed E-state index contributed by atoms with van der Waals surface area (Å²) < 4.78 is 11.8. The topological polar surface area (TPSA) is 52.1 Å². The van der Waals surface area contributed by atoms with E-state index in [1.54, 1.807) is 11.8 Å². The predicted octanol–water partition coefficient (Wildman–Crippen LogP) is 6.13. The maximum atomic E-state index is 6.05. The highest BCUT2D eigenvalue weighted by Crippen LogP contribution is 2.37. The Labute approximate surface area is 154 Å². The SMILES string of the molecule is CSc1c2cc3oc(-c4ccc(C)cc4)nc3cc2cc2oc(C)nc12. The Hall–Kier alpha value is -2.79. The number of aromatic nitrogens is 2. The smallest absolute Gasteiger partial charge is 0.227 e. The molecule has 0 amide bonds. The summed E-state index contributed by atoms with van der Waals surface area (Å²) in [5.74, 6) is 1.31. The van der Waals surface area contributed by atoms with Gasteiger partial charge in [-0.25, -0.2) is 9.97 Å². The van der Waals surface area contributed by atoms with Crippen LogP contribution in [-0.2, 0) is 0 Å². The Balaban J connectivity index is 1.78. The zero-order valence-corrected chi connectivity index (χ0v) is 15.5. The molecule has 5 aromatic rings. The molecule has 0 saturated heterocycles. The van der Waals surface area contributed by atoms with Crippen LogP contribution in [0.15, 0.2) is 56.2 Å². The van der Waals surface area contributed by atoms with E-state index in [-0.39, 0.29) is 0 Å². The Bertz CT molecular complexity index is 1280. The van der Waals surface area contributed by atoms with Gasteiger partial charge >= 0.3 is 0 Å². The number of thioether (sulfide) groups is 1. The zero-order chi connectivity index (χ0) is 17.8. The highest BCUT2D eigenvalue weighted by Gasteiger charge is 2.15. The summed E-state index contributed by atoms with van der Waals surface area (Å²) >= 11 is 1.67. The Morgan fingerprint density at radius 1 is 0.885 bits per heavy atom. The molecule has 4 nitrogen and oxygen atoms in total. The number of rotatable bonds is 2. The van der Waals surface area contributed by atoms with E-state index in [1.807, 2.05) is 25.1 Å². The summed E-state index contributed by atoms with van der Waals surface area (Å²) in [5.41, 5.74) is 5.53. The van der Waals surface area contributed by atoms with Crippen molar-refractivity contribution in [2.24, 2.45) is 0 Å². The number of hydrogen-bond acceptors (Lipinski definition) is 5. The molecule has 2 aromatic heterocycles. The molecule has 2 heterocycles. The van der Waals surface area contributed by atoms with Gasteiger partial charge in [-0.2, -0.15) is 0 Å². The van der Waals surface area contributed by atoms with Crippen LogP contribution in [0.5, 0.6) is 0 Å². The Morgan fingerprint density at radius 3 is 2.46 bits per heavy atom. The van der Waals surface area contributed by atoms with Crippen molar-refractivity contribution in [1.82, 2.24) is 9.97 Å². The van der Waals surface area contributed by atoms with E-state index in [0.717, 1.165) is 43.4 Å². The molecule has 0 saturated carbocycles. The third-order valence-corrected chi connectivity index (χ3v) is 5.39. The highest BCUT2D eigenvalue weighted by molar-refractivity contribution is 7.99. The van der Waals surface area contributed by atoms with Gasteiger partial charge < -0.3 is 8.83 Å². The molecule has 5 heteroatoms. The van der Waals surface area contributed by atoms with Crippen molar-refractivity contribution >= 4 is 44.7 Å². The van der Waals surface area contributed by atoms with Crippen molar-refractivity contribution in [1.29, 1.82) is 0 Å². The molecule has 0 aliphatic rings. The van der Waals surface area contributed by atoms with Crippen LogP contribution in [0.2, 0.25) is 0 Å². The fourth-order valence-electron chi connectivity index (χ4n) is 3.30. The van der Waals surface area contributed by atoms with Crippen LogP contribution in [-0.4, -0.2) is 16.2 Å². The molecule has 0 N–H and O–H groups in total. The molecule has 3 aromatic carbocycles. The van der Waals surface area contributed by atoms with Gasteiger partial charge in [-0.15, -0.1) is 11.8 Å². The molecule has 0 fully saturated rings. The highest BCUT2D eigenvalue weighted by atomic mass is 32.2. The molecular formula is C21H16N2O2S. The lowest BCUT2D eigenvalue weighted by Gasteiger charge is -2.04. The minimum absolute atomic E-state index is 0.638. The van der Waals surface area contributed by atoms with E-state index in [2.05, 4.69) is 47.4 Å². The standard InChI is InChI=1S/C21H16N2O2S/c1-11-4-6-13(7-5-11)21-23-16-8-14-9-18-19(22-12(2)24-18)20(26-3)15(14)10-17(16)25-21/h4-10H,1-3H3. The lowest BCUT2D eigenvalue weighted by Crippen LogP contribution is -1.82. The normalized spacial score (nSPS) is 11.8. The second-order valence-corrected chi connectivity index (χ2v) is 7.23. The zero-order valence-electron chi connectivity index (χ0n) is 14.7. The summed E-state index contributed by atoms with van der Waals surface area (Å²) in [6.07, 6.45) is 2.06. The minimum Gasteiger partial charge on any atom is -0.441 e. The number of hydrogen-bond donors (Lipinski definition) is 0. The van der Waals surface area contributed by atoms with Crippen molar-refractivity contribution < 1.29 is 8.83 Å². The van der Waals surface area contributed by atoms with Crippen LogP contribution in [0.3, 0.4) is 0 Å². The van der Waals surface area contributed by atoms with Crippen molar-refractivity contribution in [3.63, 3.8) is 0 Å².